The minimum Gasteiger partial charge on any atom is -0.465 e. The summed E-state index contributed by atoms with van der Waals surface area (Å²) in [6.45, 7) is 14.4. The van der Waals surface area contributed by atoms with E-state index in [9.17, 15) is 4.79 Å². The molecule has 0 rings (SSSR count). The van der Waals surface area contributed by atoms with Gasteiger partial charge in [-0.1, -0.05) is 41.5 Å². The van der Waals surface area contributed by atoms with Crippen molar-refractivity contribution in [1.82, 2.24) is 0 Å². The maximum absolute atomic E-state index is 12.4. The molecule has 0 fully saturated rings. The molecule has 0 aliphatic heterocycles. The van der Waals surface area contributed by atoms with E-state index in [4.69, 9.17) is 4.74 Å². The average molecular weight is 286 g/mol. The second kappa shape index (κ2) is 6.93. The molecule has 0 saturated carbocycles. The fourth-order valence-corrected chi connectivity index (χ4v) is 2.17. The van der Waals surface area contributed by atoms with Gasteiger partial charge >= 0.3 is 5.97 Å². The molecule has 0 saturated heterocycles. The van der Waals surface area contributed by atoms with Crippen LogP contribution in [0.1, 0.15) is 54.4 Å². The van der Waals surface area contributed by atoms with Crippen LogP contribution < -0.4 is 0 Å². The van der Waals surface area contributed by atoms with Crippen LogP contribution in [0.4, 0.5) is 0 Å². The van der Waals surface area contributed by atoms with Crippen LogP contribution in [-0.2, 0) is 9.53 Å². The quantitative estimate of drug-likeness (QED) is 0.422. The minimum atomic E-state index is -0.0511. The van der Waals surface area contributed by atoms with Gasteiger partial charge in [-0.15, -0.1) is 0 Å². The SMILES string of the molecule is CC(C)(C)CC(C(=O)OCCC[N+](C)(C)C)C(C)(C)C. The first kappa shape index (κ1) is 19.4. The number of carbonyl (C=O) groups is 1. The van der Waals surface area contributed by atoms with Crippen molar-refractivity contribution < 1.29 is 14.0 Å². The molecule has 3 nitrogen and oxygen atoms in total. The normalized spacial score (nSPS) is 15.1. The zero-order valence-electron chi connectivity index (χ0n) is 15.2. The van der Waals surface area contributed by atoms with Crippen LogP contribution in [-0.4, -0.2) is 44.7 Å². The zero-order valence-corrected chi connectivity index (χ0v) is 15.2. The van der Waals surface area contributed by atoms with Crippen molar-refractivity contribution >= 4 is 5.97 Å². The van der Waals surface area contributed by atoms with Crippen molar-refractivity contribution in [3.05, 3.63) is 0 Å². The van der Waals surface area contributed by atoms with Crippen molar-refractivity contribution in [2.45, 2.75) is 54.4 Å². The van der Waals surface area contributed by atoms with Gasteiger partial charge in [-0.05, 0) is 17.3 Å². The maximum atomic E-state index is 12.4. The summed E-state index contributed by atoms with van der Waals surface area (Å²) >= 11 is 0. The lowest BCUT2D eigenvalue weighted by Crippen LogP contribution is -2.37. The summed E-state index contributed by atoms with van der Waals surface area (Å²) in [5, 5.41) is 0. The lowest BCUT2D eigenvalue weighted by atomic mass is 9.72. The highest BCUT2D eigenvalue weighted by Crippen LogP contribution is 2.36. The van der Waals surface area contributed by atoms with Gasteiger partial charge in [-0.3, -0.25) is 4.79 Å². The summed E-state index contributed by atoms with van der Waals surface area (Å²) in [5.74, 6) is -0.0690. The Bertz CT molecular complexity index is 302. The van der Waals surface area contributed by atoms with Gasteiger partial charge in [-0.2, -0.15) is 0 Å². The third kappa shape index (κ3) is 9.35. The fraction of sp³-hybridized carbons (Fsp3) is 0.941. The van der Waals surface area contributed by atoms with Crippen molar-refractivity contribution in [1.29, 1.82) is 0 Å². The second-order valence-corrected chi connectivity index (χ2v) is 9.22. The van der Waals surface area contributed by atoms with Crippen LogP contribution in [0.25, 0.3) is 0 Å². The Labute approximate surface area is 126 Å². The largest absolute Gasteiger partial charge is 0.465 e. The number of hydrogen-bond acceptors (Lipinski definition) is 2. The molecule has 0 bridgehead atoms. The molecule has 1 unspecified atom stereocenters. The van der Waals surface area contributed by atoms with E-state index < -0.39 is 0 Å². The predicted octanol–water partition coefficient (Wildman–Crippen LogP) is 3.72. The van der Waals surface area contributed by atoms with Gasteiger partial charge < -0.3 is 9.22 Å². The molecule has 120 valence electrons. The van der Waals surface area contributed by atoms with Crippen LogP contribution in [0.15, 0.2) is 0 Å². The van der Waals surface area contributed by atoms with E-state index in [2.05, 4.69) is 62.7 Å². The number of quaternary nitrogens is 1. The topological polar surface area (TPSA) is 26.3 Å². The van der Waals surface area contributed by atoms with Gasteiger partial charge in [0.25, 0.3) is 0 Å². The Morgan fingerprint density at radius 1 is 1.05 bits per heavy atom. The van der Waals surface area contributed by atoms with Crippen molar-refractivity contribution in [3.8, 4) is 0 Å². The minimum absolute atomic E-state index is 0.0335. The highest BCUT2D eigenvalue weighted by Gasteiger charge is 2.35. The van der Waals surface area contributed by atoms with Gasteiger partial charge in [-0.25, -0.2) is 0 Å². The molecule has 0 spiro atoms. The summed E-state index contributed by atoms with van der Waals surface area (Å²) in [4.78, 5) is 12.4. The molecule has 0 heterocycles. The summed E-state index contributed by atoms with van der Waals surface area (Å²) in [6, 6.07) is 0. The van der Waals surface area contributed by atoms with Gasteiger partial charge in [0.15, 0.2) is 0 Å². The molecule has 0 radical (unpaired) electrons. The maximum Gasteiger partial charge on any atom is 0.309 e. The number of nitrogens with zero attached hydrogens (tertiary/aromatic N) is 1. The summed E-state index contributed by atoms with van der Waals surface area (Å²) in [6.07, 6.45) is 1.78. The van der Waals surface area contributed by atoms with Crippen molar-refractivity contribution in [2.75, 3.05) is 34.3 Å². The van der Waals surface area contributed by atoms with E-state index in [-0.39, 0.29) is 22.7 Å². The molecule has 0 N–H and O–H groups in total. The van der Waals surface area contributed by atoms with E-state index in [1.165, 1.54) is 0 Å². The van der Waals surface area contributed by atoms with Crippen LogP contribution in [0.3, 0.4) is 0 Å². The molecular formula is C17H36NO2+. The average Bonchev–Trinajstić information content (AvgIpc) is 2.16. The van der Waals surface area contributed by atoms with Crippen molar-refractivity contribution in [2.24, 2.45) is 16.7 Å². The standard InChI is InChI=1S/C17H36NO2/c1-16(2,3)13-14(17(4,5)6)15(19)20-12-10-11-18(7,8)9/h14H,10-13H2,1-9H3/q+1. The Morgan fingerprint density at radius 3 is 1.90 bits per heavy atom. The first-order valence-electron chi connectivity index (χ1n) is 7.69. The van der Waals surface area contributed by atoms with Gasteiger partial charge in [0.2, 0.25) is 0 Å². The highest BCUT2D eigenvalue weighted by atomic mass is 16.5. The molecule has 0 aromatic rings. The summed E-state index contributed by atoms with van der Waals surface area (Å²) in [7, 11) is 6.46. The molecule has 20 heavy (non-hydrogen) atoms. The Balaban J connectivity index is 4.44. The van der Waals surface area contributed by atoms with E-state index in [0.717, 1.165) is 23.9 Å². The monoisotopic (exact) mass is 286 g/mol. The lowest BCUT2D eigenvalue weighted by molar-refractivity contribution is -0.870. The van der Waals surface area contributed by atoms with Crippen LogP contribution >= 0.6 is 0 Å². The van der Waals surface area contributed by atoms with E-state index >= 15 is 0 Å². The number of hydrogen-bond donors (Lipinski definition) is 0. The molecule has 0 amide bonds. The number of carbonyl (C=O) groups excluding carboxylic acids is 1. The molecular weight excluding hydrogens is 250 g/mol. The molecule has 0 aromatic carbocycles. The van der Waals surface area contributed by atoms with Gasteiger partial charge in [0, 0.05) is 6.42 Å². The molecule has 3 heteroatoms. The molecule has 0 aliphatic rings. The number of ether oxygens (including phenoxy) is 1. The van der Waals surface area contributed by atoms with E-state index in [1.807, 2.05) is 0 Å². The highest BCUT2D eigenvalue weighted by molar-refractivity contribution is 5.73. The van der Waals surface area contributed by atoms with E-state index in [1.54, 1.807) is 0 Å². The predicted molar refractivity (Wildman–Crippen MR) is 85.5 cm³/mol. The number of esters is 1. The Morgan fingerprint density at radius 2 is 1.55 bits per heavy atom. The summed E-state index contributed by atoms with van der Waals surface area (Å²) < 4.78 is 6.43. The third-order valence-corrected chi connectivity index (χ3v) is 3.36. The van der Waals surface area contributed by atoms with Crippen LogP contribution in [0.2, 0.25) is 0 Å². The smallest absolute Gasteiger partial charge is 0.309 e. The third-order valence-electron chi connectivity index (χ3n) is 3.36. The second-order valence-electron chi connectivity index (χ2n) is 9.22. The molecule has 0 aromatic heterocycles. The fourth-order valence-electron chi connectivity index (χ4n) is 2.17. The number of rotatable bonds is 6. The van der Waals surface area contributed by atoms with Crippen LogP contribution in [0, 0.1) is 16.7 Å². The zero-order chi connectivity index (χ0) is 16.2. The van der Waals surface area contributed by atoms with E-state index in [0.29, 0.717) is 6.61 Å². The van der Waals surface area contributed by atoms with Crippen LogP contribution in [0.5, 0.6) is 0 Å². The molecule has 1 atom stereocenters. The molecule has 0 aliphatic carbocycles. The summed E-state index contributed by atoms with van der Waals surface area (Å²) in [5.41, 5.74) is 0.0870. The Kier molecular flexibility index (Phi) is 6.73. The van der Waals surface area contributed by atoms with Gasteiger partial charge in [0.1, 0.15) is 0 Å². The lowest BCUT2D eigenvalue weighted by Gasteiger charge is -2.33. The Hall–Kier alpha value is -0.570. The van der Waals surface area contributed by atoms with Crippen molar-refractivity contribution in [3.63, 3.8) is 0 Å². The van der Waals surface area contributed by atoms with Gasteiger partial charge in [0.05, 0.1) is 40.2 Å². The first-order valence-corrected chi connectivity index (χ1v) is 7.69. The first-order chi connectivity index (χ1) is 8.72.